The molecule has 1 fully saturated rings. The highest BCUT2D eigenvalue weighted by Gasteiger charge is 2.39. The molecule has 120 valence electrons. The Balaban J connectivity index is 1.97. The molecule has 2 N–H and O–H groups in total. The normalized spacial score (nSPS) is 20.8. The molecule has 0 aliphatic carbocycles. The molecule has 9 nitrogen and oxygen atoms in total. The van der Waals surface area contributed by atoms with Gasteiger partial charge in [0.15, 0.2) is 5.69 Å². The summed E-state index contributed by atoms with van der Waals surface area (Å²) in [7, 11) is 0. The van der Waals surface area contributed by atoms with E-state index in [1.807, 2.05) is 0 Å². The topological polar surface area (TPSA) is 129 Å². The van der Waals surface area contributed by atoms with Gasteiger partial charge in [0.1, 0.15) is 0 Å². The minimum atomic E-state index is -0.935. The fraction of sp³-hybridized carbons (Fsp3) is 0.357. The Kier molecular flexibility index (Phi) is 3.47. The van der Waals surface area contributed by atoms with Gasteiger partial charge in [0.05, 0.1) is 16.4 Å². The lowest BCUT2D eigenvalue weighted by molar-refractivity contribution is -0.384. The summed E-state index contributed by atoms with van der Waals surface area (Å²) in [6.45, 7) is 2.00. The maximum atomic E-state index is 12.7. The molecule has 0 bridgehead atoms. The first-order valence-corrected chi connectivity index (χ1v) is 7.06. The van der Waals surface area contributed by atoms with Crippen LogP contribution in [-0.4, -0.2) is 49.6 Å². The Labute approximate surface area is 130 Å². The van der Waals surface area contributed by atoms with Gasteiger partial charge in [0.25, 0.3) is 11.6 Å². The molecule has 2 atom stereocenters. The molecule has 9 heteroatoms. The Bertz CT molecular complexity index is 815. The zero-order chi connectivity index (χ0) is 16.7. The smallest absolute Gasteiger partial charge is 0.308 e. The lowest BCUT2D eigenvalue weighted by Crippen LogP contribution is -2.37. The van der Waals surface area contributed by atoms with E-state index in [-0.39, 0.29) is 11.4 Å². The van der Waals surface area contributed by atoms with Crippen molar-refractivity contribution in [2.75, 3.05) is 6.54 Å². The number of non-ortho nitro benzene ring substituents is 1. The van der Waals surface area contributed by atoms with Gasteiger partial charge in [-0.2, -0.15) is 5.10 Å². The maximum Gasteiger partial charge on any atom is 0.308 e. The van der Waals surface area contributed by atoms with Gasteiger partial charge in [-0.3, -0.25) is 24.8 Å². The van der Waals surface area contributed by atoms with Gasteiger partial charge in [0.2, 0.25) is 0 Å². The second kappa shape index (κ2) is 5.34. The first kappa shape index (κ1) is 14.9. The minimum Gasteiger partial charge on any atom is -0.481 e. The van der Waals surface area contributed by atoms with Crippen molar-refractivity contribution in [1.82, 2.24) is 15.1 Å². The summed E-state index contributed by atoms with van der Waals surface area (Å²) >= 11 is 0. The van der Waals surface area contributed by atoms with Gasteiger partial charge in [-0.25, -0.2) is 0 Å². The molecule has 2 unspecified atom stereocenters. The predicted octanol–water partition coefficient (Wildman–Crippen LogP) is 1.41. The molecule has 2 aromatic rings. The Hall–Kier alpha value is -2.97. The molecule has 0 spiro atoms. The van der Waals surface area contributed by atoms with E-state index in [4.69, 9.17) is 5.11 Å². The molecular formula is C14H14N4O5. The largest absolute Gasteiger partial charge is 0.481 e. The summed E-state index contributed by atoms with van der Waals surface area (Å²) in [6.07, 6.45) is 0.380. The number of carbonyl (C=O) groups is 2. The zero-order valence-electron chi connectivity index (χ0n) is 12.2. The number of fused-ring (bicyclic) bond motifs is 1. The Morgan fingerprint density at radius 2 is 2.22 bits per heavy atom. The number of nitrogens with zero attached hydrogens (tertiary/aromatic N) is 3. The van der Waals surface area contributed by atoms with Gasteiger partial charge >= 0.3 is 5.97 Å². The van der Waals surface area contributed by atoms with Crippen LogP contribution >= 0.6 is 0 Å². The predicted molar refractivity (Wildman–Crippen MR) is 79.0 cm³/mol. The van der Waals surface area contributed by atoms with Crippen molar-refractivity contribution in [1.29, 1.82) is 0 Å². The molecule has 1 saturated heterocycles. The number of aliphatic carboxylic acids is 1. The maximum absolute atomic E-state index is 12.7. The minimum absolute atomic E-state index is 0.0709. The number of nitro benzene ring substituents is 1. The number of nitrogens with one attached hydrogen (secondary N) is 1. The summed E-state index contributed by atoms with van der Waals surface area (Å²) in [5.74, 6) is -1.97. The number of carbonyl (C=O) groups excluding carboxylic acids is 1. The summed E-state index contributed by atoms with van der Waals surface area (Å²) in [6, 6.07) is 3.66. The summed E-state index contributed by atoms with van der Waals surface area (Å²) in [5.41, 5.74) is 0.452. The highest BCUT2D eigenvalue weighted by atomic mass is 16.6. The van der Waals surface area contributed by atoms with Crippen LogP contribution in [0.1, 0.15) is 23.8 Å². The van der Waals surface area contributed by atoms with Crippen LogP contribution in [0.15, 0.2) is 18.2 Å². The molecule has 3 rings (SSSR count). The molecule has 0 radical (unpaired) electrons. The molecular weight excluding hydrogens is 304 g/mol. The fourth-order valence-corrected chi connectivity index (χ4v) is 2.97. The standard InChI is InChI=1S/C14H14N4O5/c1-7-9(14(20)21)4-5-17(7)13(19)12-10-6-8(18(22)23)2-3-11(10)15-16-12/h2-3,6-7,9H,4-5H2,1H3,(H,15,16)(H,20,21). The zero-order valence-corrected chi connectivity index (χ0v) is 12.2. The summed E-state index contributed by atoms with van der Waals surface area (Å²) < 4.78 is 0. The van der Waals surface area contributed by atoms with E-state index in [0.29, 0.717) is 23.9 Å². The van der Waals surface area contributed by atoms with E-state index in [0.717, 1.165) is 0 Å². The van der Waals surface area contributed by atoms with E-state index in [1.54, 1.807) is 6.92 Å². The lowest BCUT2D eigenvalue weighted by atomic mass is 10.0. The van der Waals surface area contributed by atoms with Gasteiger partial charge in [0, 0.05) is 30.1 Å². The second-order valence-corrected chi connectivity index (χ2v) is 5.53. The van der Waals surface area contributed by atoms with Crippen molar-refractivity contribution in [3.8, 4) is 0 Å². The molecule has 1 amide bonds. The van der Waals surface area contributed by atoms with E-state index in [9.17, 15) is 19.7 Å². The number of hydrogen-bond donors (Lipinski definition) is 2. The number of nitro groups is 1. The van der Waals surface area contributed by atoms with E-state index in [1.165, 1.54) is 23.1 Å². The number of hydrogen-bond acceptors (Lipinski definition) is 5. The monoisotopic (exact) mass is 318 g/mol. The van der Waals surface area contributed by atoms with Crippen LogP contribution in [0.2, 0.25) is 0 Å². The number of H-pyrrole nitrogens is 1. The van der Waals surface area contributed by atoms with E-state index < -0.39 is 28.8 Å². The summed E-state index contributed by atoms with van der Waals surface area (Å²) in [4.78, 5) is 35.6. The third kappa shape index (κ3) is 2.39. The molecule has 1 aliphatic heterocycles. The van der Waals surface area contributed by atoms with E-state index in [2.05, 4.69) is 10.2 Å². The first-order valence-electron chi connectivity index (χ1n) is 7.06. The van der Waals surface area contributed by atoms with Crippen molar-refractivity contribution < 1.29 is 19.6 Å². The van der Waals surface area contributed by atoms with Crippen molar-refractivity contribution in [2.24, 2.45) is 5.92 Å². The van der Waals surface area contributed by atoms with Gasteiger partial charge in [-0.15, -0.1) is 0 Å². The van der Waals surface area contributed by atoms with Crippen LogP contribution in [-0.2, 0) is 4.79 Å². The Morgan fingerprint density at radius 1 is 1.48 bits per heavy atom. The first-order chi connectivity index (χ1) is 10.9. The quantitative estimate of drug-likeness (QED) is 0.650. The third-order valence-electron chi connectivity index (χ3n) is 4.29. The molecule has 1 aliphatic rings. The highest BCUT2D eigenvalue weighted by molar-refractivity contribution is 6.05. The van der Waals surface area contributed by atoms with E-state index >= 15 is 0 Å². The lowest BCUT2D eigenvalue weighted by Gasteiger charge is -2.22. The van der Waals surface area contributed by atoms with Crippen LogP contribution in [0.25, 0.3) is 10.9 Å². The van der Waals surface area contributed by atoms with Crippen LogP contribution in [0, 0.1) is 16.0 Å². The molecule has 23 heavy (non-hydrogen) atoms. The average Bonchev–Trinajstić information content (AvgIpc) is 3.09. The van der Waals surface area contributed by atoms with Crippen molar-refractivity contribution >= 4 is 28.5 Å². The molecule has 2 heterocycles. The molecule has 1 aromatic heterocycles. The van der Waals surface area contributed by atoms with Crippen molar-refractivity contribution in [3.05, 3.63) is 34.0 Å². The number of carboxylic acids is 1. The molecule has 1 aromatic carbocycles. The SMILES string of the molecule is CC1C(C(=O)O)CCN1C(=O)c1n[nH]c2ccc([N+](=O)[O-])cc12. The number of aromatic amines is 1. The number of carboxylic acid groups (broad SMARTS) is 1. The Morgan fingerprint density at radius 3 is 2.83 bits per heavy atom. The number of rotatable bonds is 3. The van der Waals surface area contributed by atoms with Gasteiger partial charge in [-0.05, 0) is 19.4 Å². The average molecular weight is 318 g/mol. The third-order valence-corrected chi connectivity index (χ3v) is 4.29. The van der Waals surface area contributed by atoms with Crippen LogP contribution in [0.3, 0.4) is 0 Å². The summed E-state index contributed by atoms with van der Waals surface area (Å²) in [5, 5.41) is 27.0. The van der Waals surface area contributed by atoms with Crippen molar-refractivity contribution in [2.45, 2.75) is 19.4 Å². The van der Waals surface area contributed by atoms with Gasteiger partial charge < -0.3 is 10.0 Å². The fourth-order valence-electron chi connectivity index (χ4n) is 2.97. The van der Waals surface area contributed by atoms with Crippen LogP contribution in [0.4, 0.5) is 5.69 Å². The number of aromatic nitrogens is 2. The van der Waals surface area contributed by atoms with Crippen LogP contribution in [0.5, 0.6) is 0 Å². The van der Waals surface area contributed by atoms with Crippen molar-refractivity contribution in [3.63, 3.8) is 0 Å². The number of benzene rings is 1. The van der Waals surface area contributed by atoms with Crippen LogP contribution < -0.4 is 0 Å². The highest BCUT2D eigenvalue weighted by Crippen LogP contribution is 2.28. The number of likely N-dealkylation sites (tertiary alicyclic amines) is 1. The number of amides is 1. The molecule has 0 saturated carbocycles. The van der Waals surface area contributed by atoms with Gasteiger partial charge in [-0.1, -0.05) is 0 Å². The second-order valence-electron chi connectivity index (χ2n) is 5.53.